The molecule has 3 rings (SSSR count). The van der Waals surface area contributed by atoms with Gasteiger partial charge in [-0.1, -0.05) is 57.9 Å². The standard InChI is InChI=1S/C19H15BrN2OS/c1-13-5-8-15(9-6-13)17-12-24-19(21-17)22-18(23)10-7-14-3-2-4-16(20)11-14/h2-12H,1H3,(H,21,22,23)/b10-7+. The predicted molar refractivity (Wildman–Crippen MR) is 104 cm³/mol. The van der Waals surface area contributed by atoms with Crippen LogP contribution >= 0.6 is 27.3 Å². The molecule has 2 aromatic carbocycles. The van der Waals surface area contributed by atoms with Crippen molar-refractivity contribution in [2.24, 2.45) is 0 Å². The van der Waals surface area contributed by atoms with E-state index in [1.165, 1.54) is 23.0 Å². The largest absolute Gasteiger partial charge is 0.298 e. The molecule has 24 heavy (non-hydrogen) atoms. The summed E-state index contributed by atoms with van der Waals surface area (Å²) in [5.41, 5.74) is 4.08. The third-order valence-electron chi connectivity index (χ3n) is 3.36. The summed E-state index contributed by atoms with van der Waals surface area (Å²) >= 11 is 4.83. The Labute approximate surface area is 153 Å². The van der Waals surface area contributed by atoms with Crippen molar-refractivity contribution in [3.63, 3.8) is 0 Å². The molecule has 3 nitrogen and oxygen atoms in total. The van der Waals surface area contributed by atoms with E-state index in [1.54, 1.807) is 6.08 Å². The number of hydrogen-bond acceptors (Lipinski definition) is 3. The highest BCUT2D eigenvalue weighted by Crippen LogP contribution is 2.25. The van der Waals surface area contributed by atoms with E-state index in [0.29, 0.717) is 5.13 Å². The molecule has 1 heterocycles. The molecule has 0 unspecified atom stereocenters. The fourth-order valence-electron chi connectivity index (χ4n) is 2.12. The summed E-state index contributed by atoms with van der Waals surface area (Å²) in [5, 5.41) is 5.33. The van der Waals surface area contributed by atoms with E-state index >= 15 is 0 Å². The fraction of sp³-hybridized carbons (Fsp3) is 0.0526. The quantitative estimate of drug-likeness (QED) is 0.586. The topological polar surface area (TPSA) is 42.0 Å². The van der Waals surface area contributed by atoms with Gasteiger partial charge in [0.2, 0.25) is 5.91 Å². The SMILES string of the molecule is Cc1ccc(-c2csc(NC(=O)/C=C/c3cccc(Br)c3)n2)cc1. The number of aromatic nitrogens is 1. The molecule has 1 aromatic heterocycles. The van der Waals surface area contributed by atoms with Gasteiger partial charge in [-0.25, -0.2) is 4.98 Å². The van der Waals surface area contributed by atoms with Gasteiger partial charge in [0.1, 0.15) is 0 Å². The summed E-state index contributed by atoms with van der Waals surface area (Å²) in [7, 11) is 0. The first-order valence-corrected chi connectivity index (χ1v) is 9.04. The molecule has 120 valence electrons. The molecular formula is C19H15BrN2OS. The van der Waals surface area contributed by atoms with Crippen LogP contribution in [0, 0.1) is 6.92 Å². The molecule has 0 aliphatic rings. The molecule has 0 fully saturated rings. The Morgan fingerprint density at radius 1 is 1.21 bits per heavy atom. The number of anilines is 1. The molecule has 0 saturated carbocycles. The average Bonchev–Trinajstić information content (AvgIpc) is 3.02. The Hall–Kier alpha value is -2.24. The van der Waals surface area contributed by atoms with E-state index in [4.69, 9.17) is 0 Å². The number of amides is 1. The second kappa shape index (κ2) is 7.55. The Kier molecular flexibility index (Phi) is 5.23. The molecule has 5 heteroatoms. The van der Waals surface area contributed by atoms with E-state index in [9.17, 15) is 4.79 Å². The van der Waals surface area contributed by atoms with Crippen LogP contribution in [0.4, 0.5) is 5.13 Å². The summed E-state index contributed by atoms with van der Waals surface area (Å²) in [5.74, 6) is -0.195. The molecule has 0 aliphatic carbocycles. The number of rotatable bonds is 4. The van der Waals surface area contributed by atoms with E-state index in [1.807, 2.05) is 60.8 Å². The first-order valence-electron chi connectivity index (χ1n) is 7.37. The number of thiazole rings is 1. The number of hydrogen-bond donors (Lipinski definition) is 1. The van der Waals surface area contributed by atoms with Crippen LogP contribution in [-0.2, 0) is 4.79 Å². The smallest absolute Gasteiger partial charge is 0.250 e. The van der Waals surface area contributed by atoms with Gasteiger partial charge in [0.25, 0.3) is 0 Å². The van der Waals surface area contributed by atoms with Crippen LogP contribution in [0.25, 0.3) is 17.3 Å². The van der Waals surface area contributed by atoms with Crippen LogP contribution in [0.2, 0.25) is 0 Å². The lowest BCUT2D eigenvalue weighted by Gasteiger charge is -1.98. The second-order valence-electron chi connectivity index (χ2n) is 5.28. The van der Waals surface area contributed by atoms with Crippen LogP contribution in [-0.4, -0.2) is 10.9 Å². The third kappa shape index (κ3) is 4.40. The van der Waals surface area contributed by atoms with E-state index in [0.717, 1.165) is 21.3 Å². The Balaban J connectivity index is 1.66. The van der Waals surface area contributed by atoms with Crippen LogP contribution in [0.3, 0.4) is 0 Å². The first-order chi connectivity index (χ1) is 11.6. The molecule has 0 saturated heterocycles. The van der Waals surface area contributed by atoms with Gasteiger partial charge in [0, 0.05) is 21.5 Å². The molecule has 0 radical (unpaired) electrons. The zero-order valence-corrected chi connectivity index (χ0v) is 15.4. The fourth-order valence-corrected chi connectivity index (χ4v) is 3.26. The van der Waals surface area contributed by atoms with Gasteiger partial charge in [-0.05, 0) is 30.7 Å². The minimum absolute atomic E-state index is 0.195. The van der Waals surface area contributed by atoms with Gasteiger partial charge in [0.05, 0.1) is 5.69 Å². The molecule has 0 spiro atoms. The highest BCUT2D eigenvalue weighted by Gasteiger charge is 2.06. The number of halogens is 1. The molecule has 0 atom stereocenters. The minimum Gasteiger partial charge on any atom is -0.298 e. The Bertz CT molecular complexity index is 884. The van der Waals surface area contributed by atoms with E-state index < -0.39 is 0 Å². The lowest BCUT2D eigenvalue weighted by atomic mass is 10.1. The highest BCUT2D eigenvalue weighted by molar-refractivity contribution is 9.10. The lowest BCUT2D eigenvalue weighted by Crippen LogP contribution is -2.07. The van der Waals surface area contributed by atoms with Crippen molar-refractivity contribution in [1.82, 2.24) is 4.98 Å². The van der Waals surface area contributed by atoms with Gasteiger partial charge in [-0.2, -0.15) is 0 Å². The van der Waals surface area contributed by atoms with Crippen molar-refractivity contribution >= 4 is 44.4 Å². The third-order valence-corrected chi connectivity index (χ3v) is 4.61. The zero-order valence-electron chi connectivity index (χ0n) is 13.0. The molecular weight excluding hydrogens is 384 g/mol. The average molecular weight is 399 g/mol. The second-order valence-corrected chi connectivity index (χ2v) is 7.06. The minimum atomic E-state index is -0.195. The van der Waals surface area contributed by atoms with Gasteiger partial charge in [-0.3, -0.25) is 10.1 Å². The Morgan fingerprint density at radius 2 is 2.00 bits per heavy atom. The first kappa shape index (κ1) is 16.6. The van der Waals surface area contributed by atoms with E-state index in [2.05, 4.69) is 26.2 Å². The maximum atomic E-state index is 12.0. The molecule has 0 bridgehead atoms. The summed E-state index contributed by atoms with van der Waals surface area (Å²) in [4.78, 5) is 16.5. The van der Waals surface area contributed by atoms with Crippen LogP contribution in [0.5, 0.6) is 0 Å². The van der Waals surface area contributed by atoms with Crippen molar-refractivity contribution in [2.45, 2.75) is 6.92 Å². The number of nitrogens with one attached hydrogen (secondary N) is 1. The molecule has 1 amide bonds. The summed E-state index contributed by atoms with van der Waals surface area (Å²) in [6.07, 6.45) is 3.28. The van der Waals surface area contributed by atoms with Crippen LogP contribution in [0.15, 0.2) is 64.5 Å². The predicted octanol–water partition coefficient (Wildman–Crippen LogP) is 5.53. The zero-order chi connectivity index (χ0) is 16.9. The Morgan fingerprint density at radius 3 is 2.75 bits per heavy atom. The van der Waals surface area contributed by atoms with Gasteiger partial charge in [0.15, 0.2) is 5.13 Å². The molecule has 0 aliphatic heterocycles. The lowest BCUT2D eigenvalue weighted by molar-refractivity contribution is -0.111. The highest BCUT2D eigenvalue weighted by atomic mass is 79.9. The van der Waals surface area contributed by atoms with Gasteiger partial charge < -0.3 is 0 Å². The molecule has 3 aromatic rings. The van der Waals surface area contributed by atoms with Crippen molar-refractivity contribution in [3.05, 3.63) is 75.6 Å². The number of benzene rings is 2. The van der Waals surface area contributed by atoms with Crippen molar-refractivity contribution < 1.29 is 4.79 Å². The monoisotopic (exact) mass is 398 g/mol. The number of carbonyl (C=O) groups is 1. The van der Waals surface area contributed by atoms with Crippen molar-refractivity contribution in [3.8, 4) is 11.3 Å². The van der Waals surface area contributed by atoms with Crippen LogP contribution < -0.4 is 5.32 Å². The van der Waals surface area contributed by atoms with Crippen molar-refractivity contribution in [2.75, 3.05) is 5.32 Å². The number of nitrogens with zero attached hydrogens (tertiary/aromatic N) is 1. The molecule has 1 N–H and O–H groups in total. The maximum Gasteiger partial charge on any atom is 0.250 e. The normalized spacial score (nSPS) is 10.9. The van der Waals surface area contributed by atoms with Crippen molar-refractivity contribution in [1.29, 1.82) is 0 Å². The summed E-state index contributed by atoms with van der Waals surface area (Å²) in [6.45, 7) is 2.05. The maximum absolute atomic E-state index is 12.0. The van der Waals surface area contributed by atoms with Crippen LogP contribution in [0.1, 0.15) is 11.1 Å². The van der Waals surface area contributed by atoms with Gasteiger partial charge >= 0.3 is 0 Å². The number of carbonyl (C=O) groups excluding carboxylic acids is 1. The number of aryl methyl sites for hydroxylation is 1. The van der Waals surface area contributed by atoms with Gasteiger partial charge in [-0.15, -0.1) is 11.3 Å². The summed E-state index contributed by atoms with van der Waals surface area (Å²) in [6, 6.07) is 15.9. The summed E-state index contributed by atoms with van der Waals surface area (Å²) < 4.78 is 0.979. The van der Waals surface area contributed by atoms with E-state index in [-0.39, 0.29) is 5.91 Å².